The minimum atomic E-state index is -1.03. The fourth-order valence-corrected chi connectivity index (χ4v) is 1.92. The van der Waals surface area contributed by atoms with Gasteiger partial charge in [0.25, 0.3) is 5.91 Å². The highest BCUT2D eigenvalue weighted by Crippen LogP contribution is 2.18. The summed E-state index contributed by atoms with van der Waals surface area (Å²) in [6.07, 6.45) is 3.02. The number of aliphatic hydroxyl groups is 1. The third-order valence-corrected chi connectivity index (χ3v) is 2.95. The second-order valence-corrected chi connectivity index (χ2v) is 4.44. The molecule has 1 aromatic carbocycles. The van der Waals surface area contributed by atoms with E-state index in [-0.39, 0.29) is 24.6 Å². The molecule has 0 aliphatic carbocycles. The van der Waals surface area contributed by atoms with E-state index in [0.29, 0.717) is 11.3 Å². The highest BCUT2D eigenvalue weighted by molar-refractivity contribution is 6.06. The number of aromatic carboxylic acids is 1. The normalized spacial score (nSPS) is 10.4. The first-order valence-corrected chi connectivity index (χ1v) is 6.27. The third-order valence-electron chi connectivity index (χ3n) is 2.95. The molecule has 2 rings (SSSR count). The van der Waals surface area contributed by atoms with E-state index in [0.717, 1.165) is 0 Å². The first-order chi connectivity index (χ1) is 10.0. The predicted molar refractivity (Wildman–Crippen MR) is 75.4 cm³/mol. The van der Waals surface area contributed by atoms with Crippen LogP contribution in [0.4, 0.5) is 5.69 Å². The van der Waals surface area contributed by atoms with E-state index in [1.165, 1.54) is 40.0 Å². The van der Waals surface area contributed by atoms with Crippen LogP contribution in [-0.2, 0) is 7.05 Å². The van der Waals surface area contributed by atoms with Crippen LogP contribution in [0.2, 0.25) is 0 Å². The molecule has 7 heteroatoms. The minimum Gasteiger partial charge on any atom is -0.478 e. The molecule has 2 aromatic rings. The average Bonchev–Trinajstić information content (AvgIpc) is 2.91. The lowest BCUT2D eigenvalue weighted by Gasteiger charge is -2.21. The van der Waals surface area contributed by atoms with Crippen LogP contribution in [0.5, 0.6) is 0 Å². The zero-order valence-corrected chi connectivity index (χ0v) is 11.4. The predicted octanol–water partition coefficient (Wildman–Crippen LogP) is 0.757. The number of carboxylic acids is 1. The summed E-state index contributed by atoms with van der Waals surface area (Å²) in [7, 11) is 1.70. The van der Waals surface area contributed by atoms with Crippen molar-refractivity contribution in [3.05, 3.63) is 47.8 Å². The Kier molecular flexibility index (Phi) is 4.34. The van der Waals surface area contributed by atoms with E-state index in [2.05, 4.69) is 5.10 Å². The maximum Gasteiger partial charge on any atom is 0.335 e. The molecule has 1 amide bonds. The molecule has 0 saturated heterocycles. The largest absolute Gasteiger partial charge is 0.478 e. The lowest BCUT2D eigenvalue weighted by atomic mass is 10.2. The van der Waals surface area contributed by atoms with Gasteiger partial charge in [-0.3, -0.25) is 9.48 Å². The summed E-state index contributed by atoms with van der Waals surface area (Å²) in [6, 6.07) is 5.90. The van der Waals surface area contributed by atoms with E-state index in [4.69, 9.17) is 10.2 Å². The Balaban J connectivity index is 2.29. The van der Waals surface area contributed by atoms with Gasteiger partial charge in [-0.05, 0) is 24.3 Å². The Bertz CT molecular complexity index is 648. The Morgan fingerprint density at radius 3 is 2.38 bits per heavy atom. The van der Waals surface area contributed by atoms with Crippen LogP contribution in [0.25, 0.3) is 0 Å². The van der Waals surface area contributed by atoms with Crippen molar-refractivity contribution in [1.82, 2.24) is 9.78 Å². The number of rotatable bonds is 5. The third kappa shape index (κ3) is 3.26. The van der Waals surface area contributed by atoms with Gasteiger partial charge in [-0.1, -0.05) is 0 Å². The molecular formula is C14H15N3O4. The van der Waals surface area contributed by atoms with Gasteiger partial charge in [0.15, 0.2) is 0 Å². The molecule has 0 aliphatic rings. The summed E-state index contributed by atoms with van der Waals surface area (Å²) < 4.78 is 1.51. The van der Waals surface area contributed by atoms with Crippen LogP contribution in [-0.4, -0.2) is 45.0 Å². The van der Waals surface area contributed by atoms with Crippen LogP contribution >= 0.6 is 0 Å². The smallest absolute Gasteiger partial charge is 0.335 e. The fourth-order valence-electron chi connectivity index (χ4n) is 1.92. The molecule has 110 valence electrons. The highest BCUT2D eigenvalue weighted by Gasteiger charge is 2.19. The Morgan fingerprint density at radius 2 is 1.90 bits per heavy atom. The van der Waals surface area contributed by atoms with Gasteiger partial charge < -0.3 is 15.1 Å². The molecule has 7 nitrogen and oxygen atoms in total. The Morgan fingerprint density at radius 1 is 1.24 bits per heavy atom. The summed E-state index contributed by atoms with van der Waals surface area (Å²) >= 11 is 0. The molecule has 0 unspecified atom stereocenters. The van der Waals surface area contributed by atoms with Crippen LogP contribution in [0.1, 0.15) is 20.7 Å². The van der Waals surface area contributed by atoms with Crippen LogP contribution in [0.3, 0.4) is 0 Å². The summed E-state index contributed by atoms with van der Waals surface area (Å²) in [5.41, 5.74) is 1.05. The lowest BCUT2D eigenvalue weighted by molar-refractivity contribution is 0.0696. The van der Waals surface area contributed by atoms with Crippen molar-refractivity contribution >= 4 is 17.6 Å². The average molecular weight is 289 g/mol. The van der Waals surface area contributed by atoms with Gasteiger partial charge >= 0.3 is 5.97 Å². The minimum absolute atomic E-state index is 0.111. The van der Waals surface area contributed by atoms with Gasteiger partial charge in [0, 0.05) is 25.5 Å². The van der Waals surface area contributed by atoms with Crippen molar-refractivity contribution in [2.24, 2.45) is 7.05 Å². The van der Waals surface area contributed by atoms with Crippen molar-refractivity contribution in [2.75, 3.05) is 18.1 Å². The number of carbonyl (C=O) groups is 2. The summed E-state index contributed by atoms with van der Waals surface area (Å²) in [6.45, 7) is -0.0904. The maximum absolute atomic E-state index is 12.4. The number of anilines is 1. The van der Waals surface area contributed by atoms with Gasteiger partial charge in [0.2, 0.25) is 0 Å². The number of nitrogens with zero attached hydrogens (tertiary/aromatic N) is 3. The zero-order chi connectivity index (χ0) is 15.4. The van der Waals surface area contributed by atoms with Gasteiger partial charge in [-0.2, -0.15) is 5.10 Å². The number of hydrogen-bond donors (Lipinski definition) is 2. The van der Waals surface area contributed by atoms with E-state index in [9.17, 15) is 9.59 Å². The number of aryl methyl sites for hydroxylation is 1. The van der Waals surface area contributed by atoms with E-state index >= 15 is 0 Å². The molecule has 0 radical (unpaired) electrons. The number of aliphatic hydroxyl groups excluding tert-OH is 1. The quantitative estimate of drug-likeness (QED) is 0.847. The number of aromatic nitrogens is 2. The van der Waals surface area contributed by atoms with Crippen LogP contribution in [0.15, 0.2) is 36.7 Å². The second kappa shape index (κ2) is 6.19. The van der Waals surface area contributed by atoms with Crippen molar-refractivity contribution in [3.8, 4) is 0 Å². The SMILES string of the molecule is Cn1cc(C(=O)N(CCO)c2ccc(C(=O)O)cc2)cn1. The van der Waals surface area contributed by atoms with Crippen molar-refractivity contribution in [3.63, 3.8) is 0 Å². The number of amides is 1. The molecule has 0 fully saturated rings. The number of carbonyl (C=O) groups excluding carboxylic acids is 1. The molecule has 0 aliphatic heterocycles. The summed E-state index contributed by atoms with van der Waals surface area (Å²) in [4.78, 5) is 24.6. The lowest BCUT2D eigenvalue weighted by Crippen LogP contribution is -2.33. The molecule has 2 N–H and O–H groups in total. The van der Waals surface area contributed by atoms with Crippen molar-refractivity contribution < 1.29 is 19.8 Å². The molecule has 1 heterocycles. The Labute approximate surface area is 121 Å². The molecule has 21 heavy (non-hydrogen) atoms. The van der Waals surface area contributed by atoms with Crippen LogP contribution < -0.4 is 4.90 Å². The van der Waals surface area contributed by atoms with Gasteiger partial charge in [0.05, 0.1) is 23.9 Å². The molecule has 0 spiro atoms. The fraction of sp³-hybridized carbons (Fsp3) is 0.214. The van der Waals surface area contributed by atoms with E-state index < -0.39 is 5.97 Å². The first-order valence-electron chi connectivity index (χ1n) is 6.27. The molecule has 0 atom stereocenters. The summed E-state index contributed by atoms with van der Waals surface area (Å²) in [5, 5.41) is 21.9. The monoisotopic (exact) mass is 289 g/mol. The molecular weight excluding hydrogens is 274 g/mol. The number of carboxylic acid groups (broad SMARTS) is 1. The molecule has 0 bridgehead atoms. The molecule has 0 saturated carbocycles. The number of hydrogen-bond acceptors (Lipinski definition) is 4. The first kappa shape index (κ1) is 14.7. The van der Waals surface area contributed by atoms with Gasteiger partial charge in [0.1, 0.15) is 0 Å². The van der Waals surface area contributed by atoms with Gasteiger partial charge in [-0.25, -0.2) is 4.79 Å². The zero-order valence-electron chi connectivity index (χ0n) is 11.4. The van der Waals surface area contributed by atoms with Crippen LogP contribution in [0, 0.1) is 0 Å². The topological polar surface area (TPSA) is 95.7 Å². The second-order valence-electron chi connectivity index (χ2n) is 4.44. The maximum atomic E-state index is 12.4. The van der Waals surface area contributed by atoms with Gasteiger partial charge in [-0.15, -0.1) is 0 Å². The highest BCUT2D eigenvalue weighted by atomic mass is 16.4. The standard InChI is InChI=1S/C14H15N3O4/c1-16-9-11(8-15-16)13(19)17(6-7-18)12-4-2-10(3-5-12)14(20)21/h2-5,8-9,18H,6-7H2,1H3,(H,20,21). The number of benzene rings is 1. The summed E-state index contributed by atoms with van der Waals surface area (Å²) in [5.74, 6) is -1.34. The van der Waals surface area contributed by atoms with E-state index in [1.54, 1.807) is 13.2 Å². The van der Waals surface area contributed by atoms with Crippen molar-refractivity contribution in [1.29, 1.82) is 0 Å². The van der Waals surface area contributed by atoms with E-state index in [1.807, 2.05) is 0 Å². The molecule has 1 aromatic heterocycles. The van der Waals surface area contributed by atoms with Crippen molar-refractivity contribution in [2.45, 2.75) is 0 Å². The Hall–Kier alpha value is -2.67.